The van der Waals surface area contributed by atoms with E-state index in [9.17, 15) is 19.2 Å². The monoisotopic (exact) mass is 1100 g/mol. The van der Waals surface area contributed by atoms with Crippen molar-refractivity contribution in [1.29, 1.82) is 0 Å². The lowest BCUT2D eigenvalue weighted by Gasteiger charge is -2.25. The second kappa shape index (κ2) is 21.7. The Morgan fingerprint density at radius 1 is 0.238 bits per heavy atom. The number of Topliss-reactive ketones (excluding diaryl/α,β-unsaturated/α-hetero) is 4. The number of carbonyl (C=O) groups excluding carboxylic acids is 4. The summed E-state index contributed by atoms with van der Waals surface area (Å²) in [5.74, 6) is 0.579. The van der Waals surface area contributed by atoms with Gasteiger partial charge in [0.15, 0.2) is 23.1 Å². The van der Waals surface area contributed by atoms with Gasteiger partial charge in [-0.1, -0.05) is 229 Å². The van der Waals surface area contributed by atoms with Gasteiger partial charge >= 0.3 is 0 Å². The molecule has 0 bridgehead atoms. The number of fused-ring (bicyclic) bond motifs is 4. The van der Waals surface area contributed by atoms with E-state index >= 15 is 0 Å². The van der Waals surface area contributed by atoms with Gasteiger partial charge in [0, 0.05) is 22.3 Å². The fourth-order valence-electron chi connectivity index (χ4n) is 13.0. The number of carbonyl (C=O) groups is 4. The van der Waals surface area contributed by atoms with Gasteiger partial charge in [-0.2, -0.15) is 0 Å². The van der Waals surface area contributed by atoms with Crippen LogP contribution in [0.15, 0.2) is 182 Å². The molecule has 10 aromatic carbocycles. The van der Waals surface area contributed by atoms with Crippen molar-refractivity contribution in [2.75, 3.05) is 0 Å². The van der Waals surface area contributed by atoms with Gasteiger partial charge in [0.1, 0.15) is 0 Å². The molecule has 0 unspecified atom stereocenters. The zero-order valence-corrected chi connectivity index (χ0v) is 50.4. The van der Waals surface area contributed by atoms with Gasteiger partial charge in [-0.25, -0.2) is 0 Å². The van der Waals surface area contributed by atoms with Crippen molar-refractivity contribution in [3.05, 3.63) is 279 Å². The van der Waals surface area contributed by atoms with Crippen LogP contribution in [0, 0.1) is 31.3 Å². The van der Waals surface area contributed by atoms with Gasteiger partial charge in [-0.3, -0.25) is 19.2 Å². The highest BCUT2D eigenvalue weighted by Gasteiger charge is 2.35. The second-order valence-corrected chi connectivity index (χ2v) is 25.3. The topological polar surface area (TPSA) is 68.3 Å². The molecule has 10 aromatic rings. The van der Waals surface area contributed by atoms with E-state index in [0.717, 1.165) is 64.0 Å². The van der Waals surface area contributed by atoms with E-state index in [1.807, 2.05) is 97.1 Å². The first-order valence-electron chi connectivity index (χ1n) is 30.1. The summed E-state index contributed by atoms with van der Waals surface area (Å²) in [6, 6.07) is 62.7. The Hall–Kier alpha value is -8.86. The third-order valence-electron chi connectivity index (χ3n) is 17.8. The normalized spacial score (nSPS) is 13.9. The summed E-state index contributed by atoms with van der Waals surface area (Å²) in [7, 11) is 0. The average molecular weight is 1100 g/mol. The van der Waals surface area contributed by atoms with E-state index in [-0.39, 0.29) is 58.0 Å². The van der Waals surface area contributed by atoms with Crippen molar-refractivity contribution in [2.45, 2.75) is 119 Å². The minimum Gasteiger partial charge on any atom is -0.288 e. The minimum atomic E-state index is -0.234. The predicted octanol–water partition coefficient (Wildman–Crippen LogP) is 18.4. The largest absolute Gasteiger partial charge is 0.288 e. The molecule has 0 aliphatic heterocycles. The maximum Gasteiger partial charge on any atom is 0.198 e. The molecule has 0 N–H and O–H groups in total. The van der Waals surface area contributed by atoms with Crippen molar-refractivity contribution in [3.63, 3.8) is 0 Å². The molecule has 0 amide bonds. The molecule has 0 aromatic heterocycles. The Morgan fingerprint density at radius 3 is 0.738 bits per heavy atom. The lowest BCUT2D eigenvalue weighted by atomic mass is 9.79. The van der Waals surface area contributed by atoms with E-state index in [1.54, 1.807) is 0 Å². The third-order valence-corrected chi connectivity index (χ3v) is 17.8. The maximum absolute atomic E-state index is 14.1. The Kier molecular flexibility index (Phi) is 14.4. The quantitative estimate of drug-likeness (QED) is 0.152. The lowest BCUT2D eigenvalue weighted by Crippen LogP contribution is -2.13. The minimum absolute atomic E-state index is 0.211. The van der Waals surface area contributed by atoms with Crippen LogP contribution >= 0.6 is 0 Å². The van der Waals surface area contributed by atoms with Crippen molar-refractivity contribution in [1.82, 2.24) is 0 Å². The number of ketones is 4. The zero-order valence-electron chi connectivity index (χ0n) is 50.4. The maximum atomic E-state index is 14.1. The van der Waals surface area contributed by atoms with Crippen LogP contribution in [0.2, 0.25) is 0 Å². The third kappa shape index (κ3) is 9.60. The molecule has 0 heterocycles. The molecule has 416 valence electrons. The summed E-state index contributed by atoms with van der Waals surface area (Å²) >= 11 is 0. The van der Waals surface area contributed by atoms with Gasteiger partial charge < -0.3 is 0 Å². The molecule has 0 saturated carbocycles. The van der Waals surface area contributed by atoms with Crippen LogP contribution in [-0.4, -0.2) is 23.1 Å². The van der Waals surface area contributed by atoms with Crippen molar-refractivity contribution < 1.29 is 19.2 Å². The fourth-order valence-corrected chi connectivity index (χ4v) is 13.0. The highest BCUT2D eigenvalue weighted by atomic mass is 16.2. The van der Waals surface area contributed by atoms with Crippen molar-refractivity contribution >= 4 is 55.8 Å². The molecule has 84 heavy (non-hydrogen) atoms. The standard InChI is InChI=1S/C80H72O4/c1-43(2)59-39-63(45(5)6)75(64(40-59)46(7)8)67-33-57(49-21-25-51(26-22-49)73-77(81)69-35-53-17-13-14-18-54(53)36-70(69)78(73)82)29-31-61(67)62-32-30-58(34-68(62)76-65(47(9)10)41-60(44(3)4)42-66(76)48(11)12)50-23-27-52(28-24-50)74-79(83)71-37-55-19-15-16-20-56(55)38-72(71)80(74)84/h13-48H,1-12H3/b62-61+. The van der Waals surface area contributed by atoms with E-state index in [4.69, 9.17) is 0 Å². The molecule has 0 atom stereocenters. The fraction of sp³-hybridized carbons (Fsp3) is 0.225. The predicted molar refractivity (Wildman–Crippen MR) is 345 cm³/mol. The van der Waals surface area contributed by atoms with Gasteiger partial charge in [0.25, 0.3) is 0 Å². The van der Waals surface area contributed by atoms with Crippen LogP contribution in [0.4, 0.5) is 0 Å². The summed E-state index contributed by atoms with van der Waals surface area (Å²) in [4.78, 5) is 56.3. The summed E-state index contributed by atoms with van der Waals surface area (Å²) in [5, 5.41) is 11.2. The lowest BCUT2D eigenvalue weighted by molar-refractivity contribution is 0.101. The van der Waals surface area contributed by atoms with E-state index < -0.39 is 0 Å². The highest BCUT2D eigenvalue weighted by Crippen LogP contribution is 2.43. The molecule has 12 rings (SSSR count). The Morgan fingerprint density at radius 2 is 0.488 bits per heavy atom. The molecule has 0 radical (unpaired) electrons. The smallest absolute Gasteiger partial charge is 0.198 e. The SMILES string of the molecule is CC(C)c1cc(C(C)C)c(-c2cc(=c3ccc(=C4C(=O)c5cc6ccccc6cc5C4=O)cc3)cc/c2=c2/ccc(=c3ccc(=C4C(=O)c5cc6ccccc6cc5C4=O)cc3)cc2-c2c(C(C)C)cc(C(C)C)cc2C(C)C)c(C(C)C)c1. The van der Waals surface area contributed by atoms with E-state index in [0.29, 0.717) is 44.5 Å². The number of hydrogen-bond acceptors (Lipinski definition) is 4. The Bertz CT molecular complexity index is 4400. The van der Waals surface area contributed by atoms with E-state index in [1.165, 1.54) is 44.5 Å². The molecular formula is C80H72O4. The van der Waals surface area contributed by atoms with Crippen LogP contribution in [0.25, 0.3) is 54.9 Å². The molecule has 0 saturated heterocycles. The first-order chi connectivity index (χ1) is 40.3. The van der Waals surface area contributed by atoms with Gasteiger partial charge in [-0.15, -0.1) is 0 Å². The van der Waals surface area contributed by atoms with Crippen LogP contribution in [0.5, 0.6) is 0 Å². The zero-order chi connectivity index (χ0) is 59.2. The highest BCUT2D eigenvalue weighted by molar-refractivity contribution is 6.57. The molecule has 4 heteroatoms. The molecule has 2 aliphatic carbocycles. The summed E-state index contributed by atoms with van der Waals surface area (Å²) in [6.07, 6.45) is 0. The molecule has 0 spiro atoms. The van der Waals surface area contributed by atoms with Crippen LogP contribution in [-0.2, 0) is 0 Å². The number of hydrogen-bond donors (Lipinski definition) is 0. The van der Waals surface area contributed by atoms with Gasteiger partial charge in [-0.05, 0) is 191 Å². The Balaban J connectivity index is 1.17. The van der Waals surface area contributed by atoms with Crippen molar-refractivity contribution in [2.24, 2.45) is 0 Å². The molecule has 4 nitrogen and oxygen atoms in total. The van der Waals surface area contributed by atoms with Crippen molar-refractivity contribution in [3.8, 4) is 22.3 Å². The van der Waals surface area contributed by atoms with Crippen LogP contribution in [0.3, 0.4) is 0 Å². The number of rotatable bonds is 8. The summed E-state index contributed by atoms with van der Waals surface area (Å²) in [5.41, 5.74) is 14.9. The first kappa shape index (κ1) is 55.7. The molecular weight excluding hydrogens is 1020 g/mol. The summed E-state index contributed by atoms with van der Waals surface area (Å²) in [6.45, 7) is 27.6. The molecule has 0 fully saturated rings. The van der Waals surface area contributed by atoms with Gasteiger partial charge in [0.2, 0.25) is 0 Å². The Labute approximate surface area is 492 Å². The second-order valence-electron chi connectivity index (χ2n) is 25.3. The molecule has 2 aliphatic rings. The van der Waals surface area contributed by atoms with E-state index in [2.05, 4.69) is 168 Å². The average Bonchev–Trinajstić information content (AvgIpc) is 1.45. The van der Waals surface area contributed by atoms with Gasteiger partial charge in [0.05, 0.1) is 11.1 Å². The summed E-state index contributed by atoms with van der Waals surface area (Å²) < 4.78 is 0. The van der Waals surface area contributed by atoms with Crippen LogP contribution < -0.4 is 10.4 Å². The van der Waals surface area contributed by atoms with Crippen LogP contribution in [0.1, 0.15) is 193 Å². The first-order valence-corrected chi connectivity index (χ1v) is 30.1. The number of benzene rings is 10.